The van der Waals surface area contributed by atoms with E-state index in [2.05, 4.69) is 0 Å². The molecule has 22 heavy (non-hydrogen) atoms. The minimum atomic E-state index is -1.72. The summed E-state index contributed by atoms with van der Waals surface area (Å²) >= 11 is 0. The quantitative estimate of drug-likeness (QED) is 0.589. The molecule has 3 amide bonds. The van der Waals surface area contributed by atoms with Crippen LogP contribution in [-0.4, -0.2) is 11.9 Å². The van der Waals surface area contributed by atoms with Gasteiger partial charge >= 0.3 is 6.03 Å². The van der Waals surface area contributed by atoms with E-state index < -0.39 is 35.1 Å². The van der Waals surface area contributed by atoms with Gasteiger partial charge in [-0.05, 0) is 36.4 Å². The van der Waals surface area contributed by atoms with Crippen LogP contribution in [0.15, 0.2) is 36.4 Å². The molecule has 2 aromatic rings. The molecule has 5 nitrogen and oxygen atoms in total. The third-order valence-electron chi connectivity index (χ3n) is 2.68. The van der Waals surface area contributed by atoms with Gasteiger partial charge in [-0.25, -0.2) is 18.0 Å². The van der Waals surface area contributed by atoms with Crippen LogP contribution in [0, 0.1) is 17.5 Å². The van der Waals surface area contributed by atoms with E-state index in [-0.39, 0.29) is 5.56 Å². The summed E-state index contributed by atoms with van der Waals surface area (Å²) in [5.41, 5.74) is 5.44. The van der Waals surface area contributed by atoms with Crippen LogP contribution in [0.2, 0.25) is 0 Å². The number of nitrogens with two attached hydrogens (primary N) is 1. The van der Waals surface area contributed by atoms with Gasteiger partial charge in [0, 0.05) is 11.3 Å². The molecular weight excluding hydrogens is 299 g/mol. The zero-order valence-electron chi connectivity index (χ0n) is 11.0. The van der Waals surface area contributed by atoms with Crippen LogP contribution in [0.1, 0.15) is 10.4 Å². The molecule has 8 heteroatoms. The molecule has 2 rings (SSSR count). The SMILES string of the molecule is Nc1ccc(C(=O)NC(=O)Nc2ccc(F)c(F)c2F)cc1. The van der Waals surface area contributed by atoms with Crippen molar-refractivity contribution >= 4 is 23.3 Å². The molecule has 0 spiro atoms. The third-order valence-corrected chi connectivity index (χ3v) is 2.68. The van der Waals surface area contributed by atoms with Crippen LogP contribution in [0.25, 0.3) is 0 Å². The molecule has 0 aromatic heterocycles. The molecule has 0 saturated heterocycles. The summed E-state index contributed by atoms with van der Waals surface area (Å²) in [5, 5.41) is 3.83. The van der Waals surface area contributed by atoms with E-state index in [0.29, 0.717) is 11.8 Å². The number of urea groups is 1. The van der Waals surface area contributed by atoms with Crippen LogP contribution >= 0.6 is 0 Å². The Morgan fingerprint density at radius 3 is 2.18 bits per heavy atom. The summed E-state index contributed by atoms with van der Waals surface area (Å²) in [6, 6.07) is 6.08. The van der Waals surface area contributed by atoms with Crippen LogP contribution in [0.4, 0.5) is 29.3 Å². The van der Waals surface area contributed by atoms with Gasteiger partial charge in [0.15, 0.2) is 17.5 Å². The van der Waals surface area contributed by atoms with E-state index in [1.165, 1.54) is 24.3 Å². The van der Waals surface area contributed by atoms with Crippen molar-refractivity contribution in [2.75, 3.05) is 11.1 Å². The predicted molar refractivity (Wildman–Crippen MR) is 73.7 cm³/mol. The monoisotopic (exact) mass is 309 g/mol. The number of carbonyl (C=O) groups excluding carboxylic acids is 2. The topological polar surface area (TPSA) is 84.2 Å². The summed E-state index contributed by atoms with van der Waals surface area (Å²) in [7, 11) is 0. The van der Waals surface area contributed by atoms with E-state index in [1.54, 1.807) is 0 Å². The lowest BCUT2D eigenvalue weighted by atomic mass is 10.2. The highest BCUT2D eigenvalue weighted by atomic mass is 19.2. The normalized spacial score (nSPS) is 10.1. The standard InChI is InChI=1S/C14H10F3N3O2/c15-9-5-6-10(12(17)11(9)16)19-14(22)20-13(21)7-1-3-8(18)4-2-7/h1-6H,18H2,(H2,19,20,21,22). The first-order chi connectivity index (χ1) is 10.4. The second-order valence-electron chi connectivity index (χ2n) is 4.25. The highest BCUT2D eigenvalue weighted by Gasteiger charge is 2.16. The van der Waals surface area contributed by atoms with E-state index in [1.807, 2.05) is 10.6 Å². The van der Waals surface area contributed by atoms with Crippen molar-refractivity contribution in [1.82, 2.24) is 5.32 Å². The molecule has 0 aliphatic rings. The first-order valence-electron chi connectivity index (χ1n) is 6.00. The number of hydrogen-bond acceptors (Lipinski definition) is 3. The summed E-state index contributed by atoms with van der Waals surface area (Å²) in [4.78, 5) is 23.3. The third kappa shape index (κ3) is 3.35. The van der Waals surface area contributed by atoms with Crippen LogP contribution in [-0.2, 0) is 0 Å². The fourth-order valence-corrected chi connectivity index (χ4v) is 1.59. The molecule has 2 aromatic carbocycles. The second-order valence-corrected chi connectivity index (χ2v) is 4.25. The molecule has 0 saturated carbocycles. The lowest BCUT2D eigenvalue weighted by Crippen LogP contribution is -2.34. The maximum absolute atomic E-state index is 13.4. The molecule has 0 aliphatic carbocycles. The van der Waals surface area contributed by atoms with Crippen molar-refractivity contribution < 1.29 is 22.8 Å². The number of nitrogen functional groups attached to an aromatic ring is 1. The Balaban J connectivity index is 2.06. The molecule has 0 unspecified atom stereocenters. The lowest BCUT2D eigenvalue weighted by Gasteiger charge is -2.08. The molecule has 0 heterocycles. The average Bonchev–Trinajstić information content (AvgIpc) is 2.48. The van der Waals surface area contributed by atoms with E-state index >= 15 is 0 Å². The molecule has 0 aliphatic heterocycles. The molecule has 0 radical (unpaired) electrons. The van der Waals surface area contributed by atoms with E-state index in [9.17, 15) is 22.8 Å². The van der Waals surface area contributed by atoms with Gasteiger partial charge < -0.3 is 11.1 Å². The van der Waals surface area contributed by atoms with Crippen molar-refractivity contribution in [3.63, 3.8) is 0 Å². The number of nitrogens with one attached hydrogen (secondary N) is 2. The van der Waals surface area contributed by atoms with Crippen LogP contribution in [0.3, 0.4) is 0 Å². The fourth-order valence-electron chi connectivity index (χ4n) is 1.59. The average molecular weight is 309 g/mol. The van der Waals surface area contributed by atoms with Gasteiger partial charge in [-0.2, -0.15) is 0 Å². The fraction of sp³-hybridized carbons (Fsp3) is 0. The highest BCUT2D eigenvalue weighted by molar-refractivity contribution is 6.08. The molecule has 4 N–H and O–H groups in total. The number of benzene rings is 2. The number of carbonyl (C=O) groups is 2. The molecule has 0 bridgehead atoms. The summed E-state index contributed by atoms with van der Waals surface area (Å²) in [5.74, 6) is -5.43. The lowest BCUT2D eigenvalue weighted by molar-refractivity contribution is 0.0967. The number of rotatable bonds is 2. The molecule has 114 valence electrons. The van der Waals surface area contributed by atoms with Crippen molar-refractivity contribution in [2.45, 2.75) is 0 Å². The van der Waals surface area contributed by atoms with Gasteiger partial charge in [0.05, 0.1) is 5.69 Å². The Morgan fingerprint density at radius 2 is 1.55 bits per heavy atom. The van der Waals surface area contributed by atoms with Gasteiger partial charge in [-0.1, -0.05) is 0 Å². The van der Waals surface area contributed by atoms with Gasteiger partial charge in [-0.3, -0.25) is 10.1 Å². The predicted octanol–water partition coefficient (Wildman–Crippen LogP) is 2.65. The van der Waals surface area contributed by atoms with Gasteiger partial charge in [0.1, 0.15) is 0 Å². The molecule has 0 atom stereocenters. The molecular formula is C14H10F3N3O2. The summed E-state index contributed by atoms with van der Waals surface area (Å²) < 4.78 is 39.1. The Hall–Kier alpha value is -3.03. The Labute approximate surface area is 122 Å². The zero-order chi connectivity index (χ0) is 16.3. The van der Waals surface area contributed by atoms with Gasteiger partial charge in [0.2, 0.25) is 0 Å². The van der Waals surface area contributed by atoms with Crippen molar-refractivity contribution in [1.29, 1.82) is 0 Å². The maximum atomic E-state index is 13.4. The number of anilines is 2. The molecule has 0 fully saturated rings. The van der Waals surface area contributed by atoms with Crippen LogP contribution < -0.4 is 16.4 Å². The number of imide groups is 1. The van der Waals surface area contributed by atoms with E-state index in [4.69, 9.17) is 5.73 Å². The first kappa shape index (κ1) is 15.4. The van der Waals surface area contributed by atoms with Gasteiger partial charge in [-0.15, -0.1) is 0 Å². The van der Waals surface area contributed by atoms with Crippen molar-refractivity contribution in [3.05, 3.63) is 59.4 Å². The highest BCUT2D eigenvalue weighted by Crippen LogP contribution is 2.19. The van der Waals surface area contributed by atoms with Gasteiger partial charge in [0.25, 0.3) is 5.91 Å². The largest absolute Gasteiger partial charge is 0.399 e. The second kappa shape index (κ2) is 6.17. The minimum Gasteiger partial charge on any atom is -0.399 e. The van der Waals surface area contributed by atoms with E-state index in [0.717, 1.165) is 6.07 Å². The Morgan fingerprint density at radius 1 is 0.909 bits per heavy atom. The van der Waals surface area contributed by atoms with Crippen molar-refractivity contribution in [2.24, 2.45) is 0 Å². The minimum absolute atomic E-state index is 0.148. The summed E-state index contributed by atoms with van der Waals surface area (Å²) in [6.07, 6.45) is 0. The Kier molecular flexibility index (Phi) is 4.31. The smallest absolute Gasteiger partial charge is 0.326 e. The van der Waals surface area contributed by atoms with Crippen molar-refractivity contribution in [3.8, 4) is 0 Å². The number of hydrogen-bond donors (Lipinski definition) is 3. The number of amides is 3. The maximum Gasteiger partial charge on any atom is 0.326 e. The summed E-state index contributed by atoms with van der Waals surface area (Å²) in [6.45, 7) is 0. The zero-order valence-corrected chi connectivity index (χ0v) is 11.0. The van der Waals surface area contributed by atoms with Crippen LogP contribution in [0.5, 0.6) is 0 Å². The number of halogens is 3. The Bertz CT molecular complexity index is 733. The first-order valence-corrected chi connectivity index (χ1v) is 6.00.